The molecule has 9 heteroatoms. The number of rotatable bonds is 8. The van der Waals surface area contributed by atoms with E-state index in [2.05, 4.69) is 15.0 Å². The van der Waals surface area contributed by atoms with Crippen molar-refractivity contribution < 1.29 is 18.7 Å². The second-order valence-electron chi connectivity index (χ2n) is 6.80. The van der Waals surface area contributed by atoms with E-state index < -0.39 is 5.97 Å². The van der Waals surface area contributed by atoms with Crippen LogP contribution in [0.5, 0.6) is 5.75 Å². The zero-order valence-corrected chi connectivity index (χ0v) is 16.6. The molecule has 2 aromatic heterocycles. The fourth-order valence-electron chi connectivity index (χ4n) is 3.01. The Morgan fingerprint density at radius 1 is 1.10 bits per heavy atom. The normalized spacial score (nSPS) is 10.9. The second kappa shape index (κ2) is 9.21. The summed E-state index contributed by atoms with van der Waals surface area (Å²) in [5.74, 6) is 0.124. The van der Waals surface area contributed by atoms with Crippen molar-refractivity contribution in [3.05, 3.63) is 78.1 Å². The number of hydrogen-bond donors (Lipinski definition) is 1. The Kier molecular flexibility index (Phi) is 6.02. The number of carbonyl (C=O) groups excluding carboxylic acids is 1. The molecule has 2 heterocycles. The third-order valence-electron chi connectivity index (χ3n) is 4.59. The van der Waals surface area contributed by atoms with E-state index in [4.69, 9.17) is 15.2 Å². The summed E-state index contributed by atoms with van der Waals surface area (Å²) in [6.07, 6.45) is 3.61. The highest BCUT2D eigenvalue weighted by atomic mass is 19.1. The summed E-state index contributed by atoms with van der Waals surface area (Å²) in [4.78, 5) is 24.7. The molecule has 0 saturated heterocycles. The molecule has 8 nitrogen and oxygen atoms in total. The van der Waals surface area contributed by atoms with Crippen molar-refractivity contribution in [3.63, 3.8) is 0 Å². The molecule has 0 radical (unpaired) electrons. The molecular weight excluding hydrogens is 401 g/mol. The number of nitrogens with two attached hydrogens (primary N) is 1. The van der Waals surface area contributed by atoms with E-state index in [0.717, 1.165) is 5.56 Å². The average Bonchev–Trinajstić information content (AvgIpc) is 3.21. The van der Waals surface area contributed by atoms with Gasteiger partial charge in [0.1, 0.15) is 30.0 Å². The maximum Gasteiger partial charge on any atom is 0.338 e. The largest absolute Gasteiger partial charge is 0.489 e. The van der Waals surface area contributed by atoms with E-state index in [1.807, 2.05) is 4.57 Å². The fraction of sp³-hybridized carbons (Fsp3) is 0.182. The summed E-state index contributed by atoms with van der Waals surface area (Å²) in [5.41, 5.74) is 8.20. The first-order chi connectivity index (χ1) is 15.1. The smallest absolute Gasteiger partial charge is 0.338 e. The van der Waals surface area contributed by atoms with Gasteiger partial charge < -0.3 is 19.8 Å². The summed E-state index contributed by atoms with van der Waals surface area (Å²) < 4.78 is 25.9. The molecule has 0 unspecified atom stereocenters. The van der Waals surface area contributed by atoms with E-state index in [-0.39, 0.29) is 19.0 Å². The molecule has 2 aromatic carbocycles. The Labute approximate surface area is 177 Å². The highest BCUT2D eigenvalue weighted by molar-refractivity contribution is 5.89. The standard InChI is InChI=1S/C22H20FN5O3/c23-17-7-5-15(6-8-17)12-31-18-4-1-3-16(11-18)22(29)30-10-2-9-28-14-27-19-20(24)25-13-26-21(19)28/h1,3-8,11,13-14H,2,9-10,12H2,(H2,24,25,26). The number of esters is 1. The highest BCUT2D eigenvalue weighted by Crippen LogP contribution is 2.17. The first-order valence-corrected chi connectivity index (χ1v) is 9.66. The Hall–Kier alpha value is -4.01. The molecule has 4 aromatic rings. The highest BCUT2D eigenvalue weighted by Gasteiger charge is 2.10. The summed E-state index contributed by atoms with van der Waals surface area (Å²) in [5, 5.41) is 0. The number of halogens is 1. The van der Waals surface area contributed by atoms with Gasteiger partial charge in [0.15, 0.2) is 11.5 Å². The van der Waals surface area contributed by atoms with Gasteiger partial charge in [-0.3, -0.25) is 0 Å². The van der Waals surface area contributed by atoms with Crippen molar-refractivity contribution in [2.45, 2.75) is 19.6 Å². The molecule has 0 amide bonds. The summed E-state index contributed by atoms with van der Waals surface area (Å²) in [7, 11) is 0. The van der Waals surface area contributed by atoms with Crippen LogP contribution < -0.4 is 10.5 Å². The predicted octanol–water partition coefficient (Wildman–Crippen LogP) is 3.37. The Bertz CT molecular complexity index is 1190. The maximum atomic E-state index is 13.0. The summed E-state index contributed by atoms with van der Waals surface area (Å²) >= 11 is 0. The molecule has 0 aliphatic heterocycles. The topological polar surface area (TPSA) is 105 Å². The van der Waals surface area contributed by atoms with Gasteiger partial charge in [0.05, 0.1) is 18.5 Å². The molecule has 0 saturated carbocycles. The number of hydrogen-bond acceptors (Lipinski definition) is 7. The van der Waals surface area contributed by atoms with Crippen LogP contribution in [0.4, 0.5) is 10.2 Å². The Morgan fingerprint density at radius 2 is 1.94 bits per heavy atom. The molecule has 0 aliphatic rings. The van der Waals surface area contributed by atoms with E-state index in [1.54, 1.807) is 42.7 Å². The van der Waals surface area contributed by atoms with Crippen LogP contribution >= 0.6 is 0 Å². The number of nitrogens with zero attached hydrogens (tertiary/aromatic N) is 4. The quantitative estimate of drug-likeness (QED) is 0.343. The van der Waals surface area contributed by atoms with Gasteiger partial charge in [-0.05, 0) is 42.3 Å². The number of fused-ring (bicyclic) bond motifs is 1. The van der Waals surface area contributed by atoms with Gasteiger partial charge in [0.25, 0.3) is 0 Å². The Balaban J connectivity index is 1.28. The minimum atomic E-state index is -0.436. The van der Waals surface area contributed by atoms with Crippen molar-refractivity contribution in [3.8, 4) is 5.75 Å². The maximum absolute atomic E-state index is 13.0. The van der Waals surface area contributed by atoms with Crippen LogP contribution in [0.2, 0.25) is 0 Å². The number of benzene rings is 2. The van der Waals surface area contributed by atoms with Gasteiger partial charge in [-0.1, -0.05) is 18.2 Å². The van der Waals surface area contributed by atoms with Crippen LogP contribution in [-0.2, 0) is 17.9 Å². The van der Waals surface area contributed by atoms with Gasteiger partial charge in [-0.2, -0.15) is 0 Å². The minimum Gasteiger partial charge on any atom is -0.489 e. The fourth-order valence-corrected chi connectivity index (χ4v) is 3.01. The number of carbonyl (C=O) groups is 1. The monoisotopic (exact) mass is 421 g/mol. The van der Waals surface area contributed by atoms with Crippen molar-refractivity contribution in [1.29, 1.82) is 0 Å². The Morgan fingerprint density at radius 3 is 2.77 bits per heavy atom. The predicted molar refractivity (Wildman–Crippen MR) is 112 cm³/mol. The lowest BCUT2D eigenvalue weighted by molar-refractivity contribution is 0.0495. The molecule has 31 heavy (non-hydrogen) atoms. The first-order valence-electron chi connectivity index (χ1n) is 9.66. The third-order valence-corrected chi connectivity index (χ3v) is 4.59. The van der Waals surface area contributed by atoms with E-state index in [1.165, 1.54) is 18.5 Å². The number of nitrogen functional groups attached to an aromatic ring is 1. The van der Waals surface area contributed by atoms with Gasteiger partial charge >= 0.3 is 5.97 Å². The van der Waals surface area contributed by atoms with Crippen LogP contribution in [0.1, 0.15) is 22.3 Å². The van der Waals surface area contributed by atoms with Crippen molar-refractivity contribution in [2.75, 3.05) is 12.3 Å². The minimum absolute atomic E-state index is 0.236. The molecule has 0 fully saturated rings. The van der Waals surface area contributed by atoms with Crippen LogP contribution in [0.25, 0.3) is 11.2 Å². The van der Waals surface area contributed by atoms with Gasteiger partial charge in [0.2, 0.25) is 0 Å². The van der Waals surface area contributed by atoms with Crippen LogP contribution in [0, 0.1) is 5.82 Å². The lowest BCUT2D eigenvalue weighted by atomic mass is 10.2. The summed E-state index contributed by atoms with van der Waals surface area (Å²) in [6, 6.07) is 12.8. The average molecular weight is 421 g/mol. The molecule has 0 spiro atoms. The molecule has 0 aliphatic carbocycles. The number of aromatic nitrogens is 4. The molecule has 2 N–H and O–H groups in total. The lowest BCUT2D eigenvalue weighted by Crippen LogP contribution is -2.09. The molecule has 0 atom stereocenters. The SMILES string of the molecule is Nc1ncnc2c1ncn2CCCOC(=O)c1cccc(OCc2ccc(F)cc2)c1. The zero-order chi connectivity index (χ0) is 21.6. The second-order valence-corrected chi connectivity index (χ2v) is 6.80. The van der Waals surface area contributed by atoms with Crippen LogP contribution in [-0.4, -0.2) is 32.1 Å². The van der Waals surface area contributed by atoms with Gasteiger partial charge in [-0.25, -0.2) is 24.1 Å². The van der Waals surface area contributed by atoms with E-state index in [0.29, 0.717) is 41.3 Å². The van der Waals surface area contributed by atoms with Gasteiger partial charge in [-0.15, -0.1) is 0 Å². The van der Waals surface area contributed by atoms with E-state index in [9.17, 15) is 9.18 Å². The number of aryl methyl sites for hydroxylation is 1. The van der Waals surface area contributed by atoms with Crippen LogP contribution in [0.3, 0.4) is 0 Å². The van der Waals surface area contributed by atoms with Crippen LogP contribution in [0.15, 0.2) is 61.2 Å². The molecule has 4 rings (SSSR count). The number of imidazole rings is 1. The first kappa shape index (κ1) is 20.3. The van der Waals surface area contributed by atoms with Crippen molar-refractivity contribution in [1.82, 2.24) is 19.5 Å². The molecule has 0 bridgehead atoms. The zero-order valence-electron chi connectivity index (χ0n) is 16.6. The molecular formula is C22H20FN5O3. The van der Waals surface area contributed by atoms with Crippen molar-refractivity contribution in [2.24, 2.45) is 0 Å². The summed E-state index contributed by atoms with van der Waals surface area (Å²) in [6.45, 7) is 1.08. The number of ether oxygens (including phenoxy) is 2. The molecule has 158 valence electrons. The van der Waals surface area contributed by atoms with Crippen molar-refractivity contribution >= 4 is 23.0 Å². The third kappa shape index (κ3) is 4.95. The number of anilines is 1. The van der Waals surface area contributed by atoms with E-state index >= 15 is 0 Å². The van der Waals surface area contributed by atoms with Gasteiger partial charge in [0, 0.05) is 6.54 Å². The lowest BCUT2D eigenvalue weighted by Gasteiger charge is -2.09.